The monoisotopic (exact) mass is 412 g/mol. The van der Waals surface area contributed by atoms with E-state index in [2.05, 4.69) is 34.5 Å². The van der Waals surface area contributed by atoms with Crippen LogP contribution in [-0.2, 0) is 0 Å². The van der Waals surface area contributed by atoms with Crippen LogP contribution in [0, 0.1) is 3.57 Å². The normalized spacial score (nSPS) is 28.4. The van der Waals surface area contributed by atoms with Crippen molar-refractivity contribution in [3.63, 3.8) is 0 Å². The van der Waals surface area contributed by atoms with Gasteiger partial charge in [-0.1, -0.05) is 18.5 Å². The molecule has 98 valence electrons. The highest BCUT2D eigenvalue weighted by atomic mass is 127. The van der Waals surface area contributed by atoms with Crippen LogP contribution in [0.25, 0.3) is 0 Å². The summed E-state index contributed by atoms with van der Waals surface area (Å²) in [6.45, 7) is 2.27. The van der Waals surface area contributed by atoms with Gasteiger partial charge in [-0.25, -0.2) is 9.97 Å². The molecule has 3 rings (SSSR count). The summed E-state index contributed by atoms with van der Waals surface area (Å²) in [5, 5.41) is 1.62. The predicted octanol–water partition coefficient (Wildman–Crippen LogP) is 4.52. The minimum absolute atomic E-state index is 0.399. The topological polar surface area (TPSA) is 25.8 Å². The molecular weight excluding hydrogens is 399 g/mol. The first-order valence-corrected chi connectivity index (χ1v) is 9.68. The van der Waals surface area contributed by atoms with Crippen LogP contribution in [0.3, 0.4) is 0 Å². The van der Waals surface area contributed by atoms with Gasteiger partial charge in [-0.05, 0) is 35.4 Å². The second-order valence-electron chi connectivity index (χ2n) is 4.71. The molecule has 2 nitrogen and oxygen atoms in total. The van der Waals surface area contributed by atoms with E-state index < -0.39 is 0 Å². The molecule has 2 fully saturated rings. The fourth-order valence-electron chi connectivity index (χ4n) is 2.12. The minimum atomic E-state index is 0.399. The van der Waals surface area contributed by atoms with Gasteiger partial charge in [-0.2, -0.15) is 11.8 Å². The number of thioether (sulfide) groups is 2. The molecule has 1 aliphatic carbocycles. The molecular formula is C12H14ClIN2S2. The standard InChI is InChI=1S/C12H14ClIN2S2/c1-6-10(18-5-4-17-6)12-15-9(7-2-3-7)8(14)11(13)16-12/h6-7,10H,2-5H2,1H3. The molecule has 18 heavy (non-hydrogen) atoms. The van der Waals surface area contributed by atoms with Crippen LogP contribution >= 0.6 is 57.7 Å². The summed E-state index contributed by atoms with van der Waals surface area (Å²) in [7, 11) is 0. The number of aromatic nitrogens is 2. The van der Waals surface area contributed by atoms with E-state index in [1.807, 2.05) is 23.5 Å². The van der Waals surface area contributed by atoms with Gasteiger partial charge in [0.15, 0.2) is 0 Å². The van der Waals surface area contributed by atoms with Crippen LogP contribution < -0.4 is 0 Å². The Hall–Kier alpha value is 0.800. The molecule has 2 atom stereocenters. The predicted molar refractivity (Wildman–Crippen MR) is 88.9 cm³/mol. The second-order valence-corrected chi connectivity index (χ2v) is 8.88. The molecule has 1 saturated carbocycles. The van der Waals surface area contributed by atoms with Crippen molar-refractivity contribution in [1.29, 1.82) is 0 Å². The summed E-state index contributed by atoms with van der Waals surface area (Å²) in [5.74, 6) is 4.00. The average molecular weight is 413 g/mol. The van der Waals surface area contributed by atoms with E-state index in [0.717, 1.165) is 9.39 Å². The van der Waals surface area contributed by atoms with Crippen molar-refractivity contribution in [1.82, 2.24) is 9.97 Å². The molecule has 0 amide bonds. The van der Waals surface area contributed by atoms with Crippen molar-refractivity contribution in [2.45, 2.75) is 36.2 Å². The van der Waals surface area contributed by atoms with Crippen molar-refractivity contribution in [2.75, 3.05) is 11.5 Å². The van der Waals surface area contributed by atoms with Gasteiger partial charge >= 0.3 is 0 Å². The van der Waals surface area contributed by atoms with E-state index >= 15 is 0 Å². The van der Waals surface area contributed by atoms with Crippen LogP contribution in [0.4, 0.5) is 0 Å². The second kappa shape index (κ2) is 5.66. The summed E-state index contributed by atoms with van der Waals surface area (Å²) in [6, 6.07) is 0. The maximum atomic E-state index is 6.28. The molecule has 6 heteroatoms. The Bertz CT molecular complexity index is 468. The van der Waals surface area contributed by atoms with E-state index in [1.54, 1.807) is 0 Å². The SMILES string of the molecule is CC1SCCSC1c1nc(Cl)c(I)c(C2CC2)n1. The average Bonchev–Trinajstić information content (AvgIpc) is 3.17. The highest BCUT2D eigenvalue weighted by molar-refractivity contribution is 14.1. The third-order valence-electron chi connectivity index (χ3n) is 3.26. The molecule has 1 aliphatic heterocycles. The lowest BCUT2D eigenvalue weighted by Crippen LogP contribution is -2.19. The molecule has 1 aromatic rings. The molecule has 0 N–H and O–H groups in total. The Kier molecular flexibility index (Phi) is 4.33. The van der Waals surface area contributed by atoms with Gasteiger partial charge in [0.25, 0.3) is 0 Å². The minimum Gasteiger partial charge on any atom is -0.235 e. The molecule has 0 radical (unpaired) electrons. The van der Waals surface area contributed by atoms with Crippen LogP contribution in [0.1, 0.15) is 42.5 Å². The molecule has 0 bridgehead atoms. The van der Waals surface area contributed by atoms with Gasteiger partial charge in [0.05, 0.1) is 14.5 Å². The summed E-state index contributed by atoms with van der Waals surface area (Å²) >= 11 is 12.6. The van der Waals surface area contributed by atoms with Crippen LogP contribution in [0.5, 0.6) is 0 Å². The number of nitrogens with zero attached hydrogens (tertiary/aromatic N) is 2. The van der Waals surface area contributed by atoms with Gasteiger partial charge in [0.2, 0.25) is 0 Å². The highest BCUT2D eigenvalue weighted by Gasteiger charge is 2.32. The van der Waals surface area contributed by atoms with E-state index in [4.69, 9.17) is 16.6 Å². The zero-order chi connectivity index (χ0) is 12.7. The lowest BCUT2D eigenvalue weighted by Gasteiger charge is -2.27. The maximum absolute atomic E-state index is 6.28. The first-order valence-electron chi connectivity index (χ1n) is 6.13. The Balaban J connectivity index is 1.96. The van der Waals surface area contributed by atoms with E-state index in [1.165, 1.54) is 30.0 Å². The molecule has 2 heterocycles. The number of halogens is 2. The summed E-state index contributed by atoms with van der Waals surface area (Å²) in [6.07, 6.45) is 2.51. The largest absolute Gasteiger partial charge is 0.235 e. The van der Waals surface area contributed by atoms with Crippen molar-refractivity contribution < 1.29 is 0 Å². The van der Waals surface area contributed by atoms with Gasteiger partial charge in [0.1, 0.15) is 11.0 Å². The number of hydrogen-bond donors (Lipinski definition) is 0. The Labute approximate surface area is 135 Å². The van der Waals surface area contributed by atoms with Crippen molar-refractivity contribution in [3.8, 4) is 0 Å². The lowest BCUT2D eigenvalue weighted by molar-refractivity contribution is 0.797. The third kappa shape index (κ3) is 2.79. The van der Waals surface area contributed by atoms with Crippen LogP contribution in [0.2, 0.25) is 5.15 Å². The van der Waals surface area contributed by atoms with Crippen molar-refractivity contribution in [3.05, 3.63) is 20.2 Å². The molecule has 1 aromatic heterocycles. The smallest absolute Gasteiger partial charge is 0.146 e. The van der Waals surface area contributed by atoms with E-state index in [0.29, 0.717) is 21.6 Å². The van der Waals surface area contributed by atoms with Crippen molar-refractivity contribution >= 4 is 57.7 Å². The third-order valence-corrected chi connectivity index (χ3v) is 8.00. The summed E-state index contributed by atoms with van der Waals surface area (Å²) < 4.78 is 1.06. The quantitative estimate of drug-likeness (QED) is 0.527. The van der Waals surface area contributed by atoms with E-state index in [9.17, 15) is 0 Å². The van der Waals surface area contributed by atoms with Gasteiger partial charge < -0.3 is 0 Å². The molecule has 2 aliphatic rings. The zero-order valence-corrected chi connectivity index (χ0v) is 14.6. The van der Waals surface area contributed by atoms with Gasteiger partial charge in [-0.3, -0.25) is 0 Å². The van der Waals surface area contributed by atoms with Crippen LogP contribution in [0.15, 0.2) is 0 Å². The van der Waals surface area contributed by atoms with Gasteiger partial charge in [0, 0.05) is 22.7 Å². The lowest BCUT2D eigenvalue weighted by atomic mass is 10.2. The number of rotatable bonds is 2. The highest BCUT2D eigenvalue weighted by Crippen LogP contribution is 2.45. The zero-order valence-electron chi connectivity index (χ0n) is 10.0. The molecule has 1 saturated heterocycles. The maximum Gasteiger partial charge on any atom is 0.146 e. The fraction of sp³-hybridized carbons (Fsp3) is 0.667. The Morgan fingerprint density at radius 1 is 1.22 bits per heavy atom. The van der Waals surface area contributed by atoms with Gasteiger partial charge in [-0.15, -0.1) is 11.8 Å². The van der Waals surface area contributed by atoms with Crippen LogP contribution in [-0.4, -0.2) is 26.7 Å². The summed E-state index contributed by atoms with van der Waals surface area (Å²) in [5.41, 5.74) is 1.19. The number of hydrogen-bond acceptors (Lipinski definition) is 4. The summed E-state index contributed by atoms with van der Waals surface area (Å²) in [4.78, 5) is 9.36. The first kappa shape index (κ1) is 13.8. The molecule has 0 aromatic carbocycles. The molecule has 0 spiro atoms. The van der Waals surface area contributed by atoms with Crippen molar-refractivity contribution in [2.24, 2.45) is 0 Å². The van der Waals surface area contributed by atoms with E-state index in [-0.39, 0.29) is 0 Å². The fourth-order valence-corrected chi connectivity index (χ4v) is 5.68. The Morgan fingerprint density at radius 2 is 1.94 bits per heavy atom. The first-order chi connectivity index (χ1) is 8.66. The Morgan fingerprint density at radius 3 is 2.61 bits per heavy atom. The molecule has 2 unspecified atom stereocenters.